The summed E-state index contributed by atoms with van der Waals surface area (Å²) in [7, 11) is 1.86. The van der Waals surface area contributed by atoms with Gasteiger partial charge in [-0.25, -0.2) is 0 Å². The summed E-state index contributed by atoms with van der Waals surface area (Å²) in [6.07, 6.45) is 1.24. The minimum atomic E-state index is -0.234. The highest BCUT2D eigenvalue weighted by atomic mass is 32.2. The van der Waals surface area contributed by atoms with Gasteiger partial charge < -0.3 is 15.2 Å². The first kappa shape index (κ1) is 11.3. The average Bonchev–Trinajstić information content (AvgIpc) is 2.48. The van der Waals surface area contributed by atoms with Crippen LogP contribution in [-0.2, 0) is 4.74 Å². The smallest absolute Gasteiger partial charge is 0.0754 e. The van der Waals surface area contributed by atoms with Crippen LogP contribution in [0.3, 0.4) is 0 Å². The molecule has 0 bridgehead atoms. The van der Waals surface area contributed by atoms with Crippen molar-refractivity contribution < 1.29 is 9.84 Å². The van der Waals surface area contributed by atoms with E-state index in [1.807, 2.05) is 18.8 Å². The minimum absolute atomic E-state index is 0.234. The monoisotopic (exact) mass is 205 g/mol. The molecule has 1 aliphatic rings. The first-order valence-electron chi connectivity index (χ1n) is 4.80. The molecule has 3 atom stereocenters. The second kappa shape index (κ2) is 5.86. The molecule has 0 spiro atoms. The van der Waals surface area contributed by atoms with Gasteiger partial charge in [0.2, 0.25) is 0 Å². The fourth-order valence-electron chi connectivity index (χ4n) is 1.46. The van der Waals surface area contributed by atoms with Crippen LogP contribution >= 0.6 is 11.8 Å². The molecule has 0 aromatic heterocycles. The van der Waals surface area contributed by atoms with E-state index in [1.54, 1.807) is 0 Å². The Morgan fingerprint density at radius 1 is 1.69 bits per heavy atom. The maximum atomic E-state index is 9.47. The Morgan fingerprint density at radius 3 is 3.00 bits per heavy atom. The van der Waals surface area contributed by atoms with Crippen molar-refractivity contribution in [2.24, 2.45) is 0 Å². The van der Waals surface area contributed by atoms with Crippen LogP contribution in [0, 0.1) is 0 Å². The molecule has 0 aliphatic carbocycles. The molecule has 0 aromatic carbocycles. The summed E-state index contributed by atoms with van der Waals surface area (Å²) in [5.74, 6) is 0.805. The van der Waals surface area contributed by atoms with Gasteiger partial charge in [-0.05, 0) is 20.4 Å². The minimum Gasteiger partial charge on any atom is -0.391 e. The van der Waals surface area contributed by atoms with Gasteiger partial charge in [0, 0.05) is 24.2 Å². The largest absolute Gasteiger partial charge is 0.391 e. The van der Waals surface area contributed by atoms with Gasteiger partial charge in [-0.2, -0.15) is 11.8 Å². The van der Waals surface area contributed by atoms with Crippen molar-refractivity contribution in [2.75, 3.05) is 26.0 Å². The molecule has 1 saturated heterocycles. The van der Waals surface area contributed by atoms with Gasteiger partial charge in [-0.3, -0.25) is 0 Å². The standard InChI is InChI=1S/C9H19NO2S/c1-7-9(3-4-12-7)13-6-8(11)5-10-2/h7-11H,3-6H2,1-2H3. The lowest BCUT2D eigenvalue weighted by atomic mass is 10.3. The number of likely N-dealkylation sites (N-methyl/N-ethyl adjacent to an activating group) is 1. The van der Waals surface area contributed by atoms with Crippen LogP contribution in [0.1, 0.15) is 13.3 Å². The molecule has 3 nitrogen and oxygen atoms in total. The summed E-state index contributed by atoms with van der Waals surface area (Å²) >= 11 is 1.83. The van der Waals surface area contributed by atoms with Crippen LogP contribution in [0.15, 0.2) is 0 Å². The van der Waals surface area contributed by atoms with Crippen molar-refractivity contribution >= 4 is 11.8 Å². The molecule has 78 valence electrons. The van der Waals surface area contributed by atoms with Crippen LogP contribution in [0.4, 0.5) is 0 Å². The molecule has 0 amide bonds. The molecule has 3 unspecified atom stereocenters. The molecule has 0 saturated carbocycles. The van der Waals surface area contributed by atoms with E-state index in [2.05, 4.69) is 12.2 Å². The summed E-state index contributed by atoms with van der Waals surface area (Å²) in [5, 5.41) is 13.0. The van der Waals surface area contributed by atoms with Gasteiger partial charge in [0.25, 0.3) is 0 Å². The number of nitrogens with one attached hydrogen (secondary N) is 1. The van der Waals surface area contributed by atoms with Gasteiger partial charge in [-0.15, -0.1) is 0 Å². The van der Waals surface area contributed by atoms with Gasteiger partial charge in [0.1, 0.15) is 0 Å². The van der Waals surface area contributed by atoms with E-state index >= 15 is 0 Å². The molecule has 1 aliphatic heterocycles. The molecule has 1 rings (SSSR count). The van der Waals surface area contributed by atoms with Crippen molar-refractivity contribution in [1.29, 1.82) is 0 Å². The second-order valence-corrected chi connectivity index (χ2v) is 4.72. The first-order chi connectivity index (χ1) is 6.24. The molecule has 13 heavy (non-hydrogen) atoms. The highest BCUT2D eigenvalue weighted by Gasteiger charge is 2.24. The molecular weight excluding hydrogens is 186 g/mol. The zero-order chi connectivity index (χ0) is 9.68. The van der Waals surface area contributed by atoms with Crippen LogP contribution in [0.2, 0.25) is 0 Å². The van der Waals surface area contributed by atoms with E-state index < -0.39 is 0 Å². The van der Waals surface area contributed by atoms with Crippen LogP contribution < -0.4 is 5.32 Å². The predicted octanol–water partition coefficient (Wildman–Crippen LogP) is 0.477. The highest BCUT2D eigenvalue weighted by molar-refractivity contribution is 8.00. The molecule has 2 N–H and O–H groups in total. The van der Waals surface area contributed by atoms with Crippen LogP contribution in [0.5, 0.6) is 0 Å². The third-order valence-electron chi connectivity index (χ3n) is 2.25. The van der Waals surface area contributed by atoms with E-state index in [4.69, 9.17) is 4.74 Å². The van der Waals surface area contributed by atoms with Crippen LogP contribution in [0.25, 0.3) is 0 Å². The van der Waals surface area contributed by atoms with Gasteiger partial charge in [0.15, 0.2) is 0 Å². The number of rotatable bonds is 5. The van der Waals surface area contributed by atoms with E-state index in [1.165, 1.54) is 0 Å². The topological polar surface area (TPSA) is 41.5 Å². The van der Waals surface area contributed by atoms with E-state index in [9.17, 15) is 5.11 Å². The number of thioether (sulfide) groups is 1. The highest BCUT2D eigenvalue weighted by Crippen LogP contribution is 2.26. The Morgan fingerprint density at radius 2 is 2.46 bits per heavy atom. The lowest BCUT2D eigenvalue weighted by molar-refractivity contribution is 0.127. The van der Waals surface area contributed by atoms with Crippen molar-refractivity contribution in [3.63, 3.8) is 0 Å². The first-order valence-corrected chi connectivity index (χ1v) is 5.84. The SMILES string of the molecule is CNCC(O)CSC1CCOC1C. The van der Waals surface area contributed by atoms with Gasteiger partial charge in [-0.1, -0.05) is 0 Å². The normalized spacial score (nSPS) is 30.7. The summed E-state index contributed by atoms with van der Waals surface area (Å²) in [4.78, 5) is 0. The fourth-order valence-corrected chi connectivity index (χ4v) is 2.66. The molecule has 4 heteroatoms. The Balaban J connectivity index is 2.10. The Bertz CT molecular complexity index is 146. The summed E-state index contributed by atoms with van der Waals surface area (Å²) < 4.78 is 5.44. The van der Waals surface area contributed by atoms with Gasteiger partial charge >= 0.3 is 0 Å². The van der Waals surface area contributed by atoms with E-state index in [-0.39, 0.29) is 6.10 Å². The zero-order valence-electron chi connectivity index (χ0n) is 8.32. The van der Waals surface area contributed by atoms with E-state index in [0.29, 0.717) is 17.9 Å². The Kier molecular flexibility index (Phi) is 5.09. The second-order valence-electron chi connectivity index (χ2n) is 3.45. The quantitative estimate of drug-likeness (QED) is 0.685. The predicted molar refractivity (Wildman–Crippen MR) is 56.2 cm³/mol. The van der Waals surface area contributed by atoms with E-state index in [0.717, 1.165) is 18.8 Å². The maximum absolute atomic E-state index is 9.47. The van der Waals surface area contributed by atoms with Crippen molar-refractivity contribution in [2.45, 2.75) is 30.8 Å². The molecular formula is C9H19NO2S. The third-order valence-corrected chi connectivity index (χ3v) is 3.87. The third kappa shape index (κ3) is 3.85. The maximum Gasteiger partial charge on any atom is 0.0754 e. The average molecular weight is 205 g/mol. The number of hydrogen-bond acceptors (Lipinski definition) is 4. The lowest BCUT2D eigenvalue weighted by Gasteiger charge is -2.16. The molecule has 1 heterocycles. The van der Waals surface area contributed by atoms with Crippen molar-refractivity contribution in [3.05, 3.63) is 0 Å². The zero-order valence-corrected chi connectivity index (χ0v) is 9.14. The molecule has 0 aromatic rings. The Labute approximate surface area is 84.2 Å². The summed E-state index contributed by atoms with van der Waals surface area (Å²) in [5.41, 5.74) is 0. The summed E-state index contributed by atoms with van der Waals surface area (Å²) in [6, 6.07) is 0. The Hall–Kier alpha value is 0.230. The molecule has 1 fully saturated rings. The number of ether oxygens (including phenoxy) is 1. The molecule has 0 radical (unpaired) electrons. The van der Waals surface area contributed by atoms with Crippen molar-refractivity contribution in [3.8, 4) is 0 Å². The lowest BCUT2D eigenvalue weighted by Crippen LogP contribution is -2.27. The summed E-state index contributed by atoms with van der Waals surface area (Å²) in [6.45, 7) is 3.66. The number of aliphatic hydroxyl groups excluding tert-OH is 1. The van der Waals surface area contributed by atoms with Crippen LogP contribution in [-0.4, -0.2) is 48.5 Å². The number of hydrogen-bond donors (Lipinski definition) is 2. The van der Waals surface area contributed by atoms with Gasteiger partial charge in [0.05, 0.1) is 12.2 Å². The number of aliphatic hydroxyl groups is 1. The van der Waals surface area contributed by atoms with Crippen molar-refractivity contribution in [1.82, 2.24) is 5.32 Å². The fraction of sp³-hybridized carbons (Fsp3) is 1.00.